The molecular weight excluding hydrogens is 444 g/mol. The van der Waals surface area contributed by atoms with Gasteiger partial charge < -0.3 is 9.47 Å². The quantitative estimate of drug-likeness (QED) is 0.424. The number of hydrazone groups is 1. The minimum Gasteiger partial charge on any atom is -0.454 e. The van der Waals surface area contributed by atoms with Gasteiger partial charge >= 0.3 is 0 Å². The highest BCUT2D eigenvalue weighted by molar-refractivity contribution is 7.15. The topological polar surface area (TPSA) is 127 Å². The summed E-state index contributed by atoms with van der Waals surface area (Å²) in [7, 11) is 0. The number of rotatable bonds is 4. The molecule has 0 radical (unpaired) electrons. The summed E-state index contributed by atoms with van der Waals surface area (Å²) in [6.07, 6.45) is 0.831. The minimum atomic E-state index is -0.396. The van der Waals surface area contributed by atoms with E-state index in [9.17, 15) is 10.1 Å². The number of benzene rings is 2. The summed E-state index contributed by atoms with van der Waals surface area (Å²) in [4.78, 5) is 10.9. The Hall–Kier alpha value is -4.04. The van der Waals surface area contributed by atoms with E-state index < -0.39 is 4.92 Å². The van der Waals surface area contributed by atoms with E-state index >= 15 is 0 Å². The van der Waals surface area contributed by atoms with Crippen LogP contribution in [0.2, 0.25) is 0 Å². The number of hydrogen-bond acceptors (Lipinski definition) is 10. The van der Waals surface area contributed by atoms with Crippen LogP contribution in [-0.4, -0.2) is 33.7 Å². The number of hydrogen-bond donors (Lipinski definition) is 0. The molecule has 3 heterocycles. The molecule has 3 aromatic rings. The van der Waals surface area contributed by atoms with E-state index in [0.717, 1.165) is 16.7 Å². The Morgan fingerprint density at radius 2 is 2.06 bits per heavy atom. The Kier molecular flexibility index (Phi) is 5.14. The van der Waals surface area contributed by atoms with E-state index in [-0.39, 0.29) is 24.9 Å². The van der Waals surface area contributed by atoms with Crippen molar-refractivity contribution in [1.82, 2.24) is 10.2 Å². The first-order chi connectivity index (χ1) is 15.9. The Balaban J connectivity index is 1.68. The molecule has 10 nitrogen and oxygen atoms in total. The Morgan fingerprint density at radius 3 is 2.79 bits per heavy atom. The molecule has 0 saturated heterocycles. The van der Waals surface area contributed by atoms with Crippen LogP contribution >= 0.6 is 11.3 Å². The van der Waals surface area contributed by atoms with Gasteiger partial charge in [0, 0.05) is 22.8 Å². The van der Waals surface area contributed by atoms with Gasteiger partial charge in [0.1, 0.15) is 5.01 Å². The molecule has 1 aromatic heterocycles. The average molecular weight is 462 g/mol. The van der Waals surface area contributed by atoms with E-state index in [0.29, 0.717) is 39.3 Å². The summed E-state index contributed by atoms with van der Waals surface area (Å²) in [6, 6.07) is 10.9. The van der Waals surface area contributed by atoms with E-state index in [2.05, 4.69) is 16.3 Å². The second-order valence-corrected chi connectivity index (χ2v) is 8.82. The second-order valence-electron chi connectivity index (χ2n) is 7.78. The zero-order chi connectivity index (χ0) is 23.1. The second kappa shape index (κ2) is 8.14. The summed E-state index contributed by atoms with van der Waals surface area (Å²) in [5, 5.41) is 36.6. The molecule has 0 bridgehead atoms. The number of nitrogens with zero attached hydrogens (tertiary/aromatic N) is 6. The molecule has 2 aromatic carbocycles. The molecule has 0 saturated carbocycles. The standard InChI is InChI=1S/C22H18N6O4S/c1-12-7-14(3-4-17(12)28(29)30)21-16-10-19-18(31-11-32-19)9-15(16)8-13(2)27(26-21)22-25-24-20(33-22)5-6-23/h3-4,7,9-10,13H,5,8,11H2,1-2H3/t13-/m1/s1. The first kappa shape index (κ1) is 20.8. The number of fused-ring (bicyclic) bond motifs is 2. The van der Waals surface area contributed by atoms with E-state index in [4.69, 9.17) is 19.8 Å². The van der Waals surface area contributed by atoms with Gasteiger partial charge in [0.2, 0.25) is 11.9 Å². The number of nitriles is 1. The minimum absolute atomic E-state index is 0.0503. The molecule has 2 aliphatic rings. The van der Waals surface area contributed by atoms with Crippen LogP contribution < -0.4 is 14.5 Å². The van der Waals surface area contributed by atoms with Gasteiger partial charge in [-0.15, -0.1) is 10.2 Å². The summed E-state index contributed by atoms with van der Waals surface area (Å²) in [5.74, 6) is 1.31. The normalized spacial score (nSPS) is 16.6. The van der Waals surface area contributed by atoms with Crippen LogP contribution in [0.15, 0.2) is 35.4 Å². The molecule has 33 heavy (non-hydrogen) atoms. The van der Waals surface area contributed by atoms with Crippen molar-refractivity contribution in [2.75, 3.05) is 11.8 Å². The SMILES string of the molecule is Cc1cc(C2=NN(c3nnc(CC#N)s3)[C@H](C)Cc3cc4c(cc32)OCO4)ccc1[N+](=O)[O-]. The predicted octanol–water partition coefficient (Wildman–Crippen LogP) is 3.75. The van der Waals surface area contributed by atoms with Crippen LogP contribution in [0, 0.1) is 28.4 Å². The van der Waals surface area contributed by atoms with Crippen molar-refractivity contribution in [1.29, 1.82) is 5.26 Å². The summed E-state index contributed by atoms with van der Waals surface area (Å²) in [5.41, 5.74) is 3.85. The number of ether oxygens (including phenoxy) is 2. The third-order valence-electron chi connectivity index (χ3n) is 5.54. The molecule has 11 heteroatoms. The molecular formula is C22H18N6O4S. The smallest absolute Gasteiger partial charge is 0.272 e. The van der Waals surface area contributed by atoms with Crippen molar-refractivity contribution in [2.45, 2.75) is 32.7 Å². The van der Waals surface area contributed by atoms with Crippen molar-refractivity contribution in [2.24, 2.45) is 5.10 Å². The van der Waals surface area contributed by atoms with Crippen LogP contribution in [0.3, 0.4) is 0 Å². The summed E-state index contributed by atoms with van der Waals surface area (Å²) in [6.45, 7) is 3.90. The number of anilines is 1. The zero-order valence-corrected chi connectivity index (χ0v) is 18.6. The Morgan fingerprint density at radius 1 is 1.27 bits per heavy atom. The van der Waals surface area contributed by atoms with Crippen LogP contribution in [0.5, 0.6) is 11.5 Å². The number of nitro benzene ring substituents is 1. The summed E-state index contributed by atoms with van der Waals surface area (Å²) >= 11 is 1.32. The van der Waals surface area contributed by atoms with Crippen molar-refractivity contribution < 1.29 is 14.4 Å². The van der Waals surface area contributed by atoms with Crippen LogP contribution in [0.4, 0.5) is 10.8 Å². The Labute approximate surface area is 192 Å². The van der Waals surface area contributed by atoms with E-state index in [1.54, 1.807) is 24.1 Å². The Bertz CT molecular complexity index is 1350. The third kappa shape index (κ3) is 3.74. The number of nitro groups is 1. The van der Waals surface area contributed by atoms with E-state index in [1.807, 2.05) is 19.1 Å². The zero-order valence-electron chi connectivity index (χ0n) is 17.8. The highest BCUT2D eigenvalue weighted by Gasteiger charge is 2.29. The number of aromatic nitrogens is 2. The molecule has 2 aliphatic heterocycles. The van der Waals surface area contributed by atoms with Crippen molar-refractivity contribution in [3.05, 3.63) is 67.7 Å². The van der Waals surface area contributed by atoms with Crippen molar-refractivity contribution >= 4 is 27.9 Å². The van der Waals surface area contributed by atoms with Crippen molar-refractivity contribution in [3.63, 3.8) is 0 Å². The van der Waals surface area contributed by atoms with Gasteiger partial charge in [0.25, 0.3) is 5.69 Å². The van der Waals surface area contributed by atoms with Gasteiger partial charge in [-0.3, -0.25) is 10.1 Å². The fraction of sp³-hybridized carbons (Fsp3) is 0.273. The lowest BCUT2D eigenvalue weighted by atomic mass is 9.93. The van der Waals surface area contributed by atoms with Gasteiger partial charge in [-0.2, -0.15) is 10.4 Å². The van der Waals surface area contributed by atoms with E-state index in [1.165, 1.54) is 17.4 Å². The predicted molar refractivity (Wildman–Crippen MR) is 121 cm³/mol. The van der Waals surface area contributed by atoms with Crippen LogP contribution in [0.1, 0.15) is 34.2 Å². The third-order valence-corrected chi connectivity index (χ3v) is 6.46. The van der Waals surface area contributed by atoms with Crippen molar-refractivity contribution in [3.8, 4) is 17.6 Å². The van der Waals surface area contributed by atoms with Crippen LogP contribution in [0.25, 0.3) is 0 Å². The first-order valence-electron chi connectivity index (χ1n) is 10.2. The molecule has 5 rings (SSSR count). The van der Waals surface area contributed by atoms with Gasteiger partial charge in [0.05, 0.1) is 29.2 Å². The molecule has 0 fully saturated rings. The highest BCUT2D eigenvalue weighted by Crippen LogP contribution is 2.39. The van der Waals surface area contributed by atoms with Gasteiger partial charge in [0.15, 0.2) is 11.5 Å². The maximum Gasteiger partial charge on any atom is 0.272 e. The lowest BCUT2D eigenvalue weighted by Gasteiger charge is -2.21. The maximum atomic E-state index is 11.3. The highest BCUT2D eigenvalue weighted by atomic mass is 32.1. The lowest BCUT2D eigenvalue weighted by Crippen LogP contribution is -2.29. The first-order valence-corrected chi connectivity index (χ1v) is 11.0. The molecule has 0 spiro atoms. The fourth-order valence-electron chi connectivity index (χ4n) is 3.97. The molecule has 0 N–H and O–H groups in total. The monoisotopic (exact) mass is 462 g/mol. The number of aryl methyl sites for hydroxylation is 1. The average Bonchev–Trinajstić information content (AvgIpc) is 3.40. The lowest BCUT2D eigenvalue weighted by molar-refractivity contribution is -0.385. The molecule has 0 aliphatic carbocycles. The van der Waals surface area contributed by atoms with Gasteiger partial charge in [-0.1, -0.05) is 11.3 Å². The largest absolute Gasteiger partial charge is 0.454 e. The maximum absolute atomic E-state index is 11.3. The van der Waals surface area contributed by atoms with Gasteiger partial charge in [-0.05, 0) is 50.1 Å². The molecule has 0 unspecified atom stereocenters. The van der Waals surface area contributed by atoms with Crippen LogP contribution in [-0.2, 0) is 12.8 Å². The molecule has 0 amide bonds. The molecule has 166 valence electrons. The van der Waals surface area contributed by atoms with Gasteiger partial charge in [-0.25, -0.2) is 5.01 Å². The molecule has 1 atom stereocenters. The summed E-state index contributed by atoms with van der Waals surface area (Å²) < 4.78 is 11.2. The fourth-order valence-corrected chi connectivity index (χ4v) is 4.79.